The van der Waals surface area contributed by atoms with Gasteiger partial charge >= 0.3 is 0 Å². The maximum atomic E-state index is 11.8. The molecule has 1 amide bonds. The zero-order valence-electron chi connectivity index (χ0n) is 11.8. The number of carbonyl (C=O) groups is 1. The molecule has 0 aliphatic carbocycles. The Morgan fingerprint density at radius 3 is 2.47 bits per heavy atom. The van der Waals surface area contributed by atoms with E-state index in [4.69, 9.17) is 5.73 Å². The van der Waals surface area contributed by atoms with Crippen LogP contribution in [0.4, 0.5) is 0 Å². The minimum absolute atomic E-state index is 0. The molecule has 2 N–H and O–H groups in total. The number of halogens is 2. The van der Waals surface area contributed by atoms with Gasteiger partial charge in [0, 0.05) is 31.4 Å². The van der Waals surface area contributed by atoms with Gasteiger partial charge in [-0.15, -0.1) is 24.8 Å². The minimum Gasteiger partial charge on any atom is -0.340 e. The van der Waals surface area contributed by atoms with Gasteiger partial charge in [0.15, 0.2) is 0 Å². The molecule has 0 aromatic rings. The molecule has 0 radical (unpaired) electrons. The summed E-state index contributed by atoms with van der Waals surface area (Å²) in [6, 6.07) is 0.194. The summed E-state index contributed by atoms with van der Waals surface area (Å²) in [7, 11) is 0. The van der Waals surface area contributed by atoms with Crippen LogP contribution in [-0.2, 0) is 4.79 Å². The monoisotopic (exact) mass is 331 g/mol. The fourth-order valence-electron chi connectivity index (χ4n) is 2.00. The van der Waals surface area contributed by atoms with Gasteiger partial charge in [-0.05, 0) is 19.5 Å². The van der Waals surface area contributed by atoms with E-state index in [-0.39, 0.29) is 36.8 Å². The van der Waals surface area contributed by atoms with Crippen molar-refractivity contribution in [3.63, 3.8) is 0 Å². The molecular weight excluding hydrogens is 305 g/mol. The Balaban J connectivity index is 0. The van der Waals surface area contributed by atoms with Crippen LogP contribution in [0.25, 0.3) is 0 Å². The molecule has 1 atom stereocenters. The number of rotatable bonds is 7. The zero-order chi connectivity index (χ0) is 12.7. The molecule has 19 heavy (non-hydrogen) atoms. The zero-order valence-corrected chi connectivity index (χ0v) is 14.3. The number of amides is 1. The Labute approximate surface area is 133 Å². The predicted octanol–water partition coefficient (Wildman–Crippen LogP) is 1.46. The molecule has 0 spiro atoms. The van der Waals surface area contributed by atoms with Crippen molar-refractivity contribution >= 4 is 42.5 Å². The number of thioether (sulfide) groups is 1. The van der Waals surface area contributed by atoms with Crippen molar-refractivity contribution < 1.29 is 4.79 Å². The van der Waals surface area contributed by atoms with Gasteiger partial charge in [0.25, 0.3) is 0 Å². The summed E-state index contributed by atoms with van der Waals surface area (Å²) in [6.07, 6.45) is 0.954. The molecule has 1 heterocycles. The highest BCUT2D eigenvalue weighted by atomic mass is 35.5. The van der Waals surface area contributed by atoms with Crippen LogP contribution < -0.4 is 5.73 Å². The SMILES string of the molecule is CCN(CC)CCSCC(=O)N1CC[C@@H](N)C1.Cl.Cl. The van der Waals surface area contributed by atoms with Crippen LogP contribution >= 0.6 is 36.6 Å². The average molecular weight is 332 g/mol. The molecule has 116 valence electrons. The van der Waals surface area contributed by atoms with Crippen LogP contribution in [0.3, 0.4) is 0 Å². The maximum Gasteiger partial charge on any atom is 0.232 e. The largest absolute Gasteiger partial charge is 0.340 e. The second-order valence-corrected chi connectivity index (χ2v) is 5.57. The van der Waals surface area contributed by atoms with E-state index in [9.17, 15) is 4.79 Å². The molecule has 1 rings (SSSR count). The Morgan fingerprint density at radius 1 is 1.37 bits per heavy atom. The summed E-state index contributed by atoms with van der Waals surface area (Å²) in [4.78, 5) is 16.1. The molecule has 1 aliphatic rings. The van der Waals surface area contributed by atoms with Crippen molar-refractivity contribution in [2.75, 3.05) is 44.2 Å². The van der Waals surface area contributed by atoms with Crippen LogP contribution in [0.15, 0.2) is 0 Å². The Bertz CT molecular complexity index is 243. The molecule has 0 aromatic heterocycles. The quantitative estimate of drug-likeness (QED) is 0.717. The normalized spacial score (nSPS) is 18.1. The summed E-state index contributed by atoms with van der Waals surface area (Å²) >= 11 is 1.73. The Hall–Kier alpha value is 0.320. The topological polar surface area (TPSA) is 49.6 Å². The molecule has 1 aliphatic heterocycles. The van der Waals surface area contributed by atoms with E-state index in [1.807, 2.05) is 4.90 Å². The molecule has 0 aromatic carbocycles. The lowest BCUT2D eigenvalue weighted by atomic mass is 10.3. The first-order chi connectivity index (χ1) is 8.17. The first-order valence-corrected chi connectivity index (χ1v) is 7.66. The minimum atomic E-state index is 0. The van der Waals surface area contributed by atoms with Crippen molar-refractivity contribution in [1.82, 2.24) is 9.80 Å². The van der Waals surface area contributed by atoms with Gasteiger partial charge in [-0.25, -0.2) is 0 Å². The van der Waals surface area contributed by atoms with Crippen LogP contribution in [-0.4, -0.2) is 66.0 Å². The molecular formula is C12H27Cl2N3OS. The van der Waals surface area contributed by atoms with Crippen LogP contribution in [0.5, 0.6) is 0 Å². The standard InChI is InChI=1S/C12H25N3OS.2ClH/c1-3-14(4-2)7-8-17-10-12(16)15-6-5-11(13)9-15;;/h11H,3-10,13H2,1-2H3;2*1H/t11-;;/m1../s1. The van der Waals surface area contributed by atoms with Gasteiger partial charge in [-0.1, -0.05) is 13.8 Å². The van der Waals surface area contributed by atoms with Crippen LogP contribution in [0, 0.1) is 0 Å². The second-order valence-electron chi connectivity index (χ2n) is 4.47. The molecule has 0 saturated carbocycles. The molecule has 1 saturated heterocycles. The van der Waals surface area contributed by atoms with Crippen molar-refractivity contribution in [1.29, 1.82) is 0 Å². The summed E-state index contributed by atoms with van der Waals surface area (Å²) in [5, 5.41) is 0. The number of hydrogen-bond acceptors (Lipinski definition) is 4. The average Bonchev–Trinajstić information content (AvgIpc) is 2.76. The molecule has 7 heteroatoms. The lowest BCUT2D eigenvalue weighted by Crippen LogP contribution is -2.33. The van der Waals surface area contributed by atoms with Crippen molar-refractivity contribution in [2.24, 2.45) is 5.73 Å². The highest BCUT2D eigenvalue weighted by Crippen LogP contribution is 2.10. The second kappa shape index (κ2) is 12.1. The van der Waals surface area contributed by atoms with Gasteiger partial charge in [0.05, 0.1) is 5.75 Å². The summed E-state index contributed by atoms with van der Waals surface area (Å²) in [5.41, 5.74) is 5.79. The third-order valence-electron chi connectivity index (χ3n) is 3.25. The van der Waals surface area contributed by atoms with E-state index in [0.29, 0.717) is 5.75 Å². The molecule has 0 bridgehead atoms. The highest BCUT2D eigenvalue weighted by Gasteiger charge is 2.22. The highest BCUT2D eigenvalue weighted by molar-refractivity contribution is 7.99. The fourth-order valence-corrected chi connectivity index (χ4v) is 2.89. The van der Waals surface area contributed by atoms with Crippen LogP contribution in [0.1, 0.15) is 20.3 Å². The fraction of sp³-hybridized carbons (Fsp3) is 0.917. The molecule has 1 fully saturated rings. The number of carbonyl (C=O) groups excluding carboxylic acids is 1. The van der Waals surface area contributed by atoms with E-state index in [1.54, 1.807) is 11.8 Å². The lowest BCUT2D eigenvalue weighted by Gasteiger charge is -2.18. The number of nitrogens with zero attached hydrogens (tertiary/aromatic N) is 2. The summed E-state index contributed by atoms with van der Waals surface area (Å²) in [6.45, 7) is 9.18. The predicted molar refractivity (Wildman–Crippen MR) is 88.8 cm³/mol. The smallest absolute Gasteiger partial charge is 0.232 e. The first-order valence-electron chi connectivity index (χ1n) is 6.50. The van der Waals surface area contributed by atoms with Gasteiger partial charge in [0.1, 0.15) is 0 Å². The van der Waals surface area contributed by atoms with E-state index in [1.165, 1.54) is 0 Å². The number of nitrogens with two attached hydrogens (primary N) is 1. The van der Waals surface area contributed by atoms with Crippen molar-refractivity contribution in [3.05, 3.63) is 0 Å². The van der Waals surface area contributed by atoms with E-state index in [0.717, 1.165) is 44.9 Å². The number of likely N-dealkylation sites (tertiary alicyclic amines) is 1. The van der Waals surface area contributed by atoms with E-state index < -0.39 is 0 Å². The third-order valence-corrected chi connectivity index (χ3v) is 4.17. The Morgan fingerprint density at radius 2 is 2.00 bits per heavy atom. The summed E-state index contributed by atoms with van der Waals surface area (Å²) < 4.78 is 0. The molecule has 4 nitrogen and oxygen atoms in total. The number of hydrogen-bond donors (Lipinski definition) is 1. The van der Waals surface area contributed by atoms with Crippen molar-refractivity contribution in [3.8, 4) is 0 Å². The van der Waals surface area contributed by atoms with E-state index in [2.05, 4.69) is 18.7 Å². The molecule has 0 unspecified atom stereocenters. The van der Waals surface area contributed by atoms with E-state index >= 15 is 0 Å². The maximum absolute atomic E-state index is 11.8. The van der Waals surface area contributed by atoms with Gasteiger partial charge in [-0.3, -0.25) is 4.79 Å². The van der Waals surface area contributed by atoms with Gasteiger partial charge in [0.2, 0.25) is 5.91 Å². The third kappa shape index (κ3) is 8.25. The lowest BCUT2D eigenvalue weighted by molar-refractivity contribution is -0.127. The first kappa shape index (κ1) is 21.6. The van der Waals surface area contributed by atoms with Crippen LogP contribution in [0.2, 0.25) is 0 Å². The van der Waals surface area contributed by atoms with Crippen molar-refractivity contribution in [2.45, 2.75) is 26.3 Å². The Kier molecular flexibility index (Phi) is 13.8. The summed E-state index contributed by atoms with van der Waals surface area (Å²) in [5.74, 6) is 1.89. The van der Waals surface area contributed by atoms with Gasteiger partial charge < -0.3 is 15.5 Å². The van der Waals surface area contributed by atoms with Gasteiger partial charge in [-0.2, -0.15) is 11.8 Å².